The van der Waals surface area contributed by atoms with Crippen LogP contribution < -0.4 is 10.1 Å². The zero-order valence-electron chi connectivity index (χ0n) is 13.5. The fraction of sp³-hybridized carbons (Fsp3) is 0.278. The molecule has 0 fully saturated rings. The van der Waals surface area contributed by atoms with Crippen LogP contribution in [0.3, 0.4) is 0 Å². The van der Waals surface area contributed by atoms with Gasteiger partial charge in [0.15, 0.2) is 0 Å². The van der Waals surface area contributed by atoms with Crippen LogP contribution in [-0.2, 0) is 6.54 Å². The van der Waals surface area contributed by atoms with Crippen molar-refractivity contribution in [3.05, 3.63) is 69.8 Å². The second kappa shape index (κ2) is 8.67. The Hall–Kier alpha value is -2.89. The van der Waals surface area contributed by atoms with Gasteiger partial charge in [-0.3, -0.25) is 14.9 Å². The number of carbonyl (C=O) groups excluding carboxylic acids is 1. The third-order valence-corrected chi connectivity index (χ3v) is 3.47. The Kier molecular flexibility index (Phi) is 6.31. The van der Waals surface area contributed by atoms with Gasteiger partial charge in [0.2, 0.25) is 0 Å². The molecule has 0 aromatic heterocycles. The van der Waals surface area contributed by atoms with E-state index in [4.69, 9.17) is 4.74 Å². The van der Waals surface area contributed by atoms with Gasteiger partial charge < -0.3 is 10.1 Å². The molecule has 2 aromatic rings. The molecule has 2 rings (SSSR count). The Bertz CT molecular complexity index is 701. The van der Waals surface area contributed by atoms with Crippen molar-refractivity contribution in [2.75, 3.05) is 6.61 Å². The Balaban J connectivity index is 2.10. The van der Waals surface area contributed by atoms with E-state index >= 15 is 0 Å². The van der Waals surface area contributed by atoms with Gasteiger partial charge in [-0.05, 0) is 24.1 Å². The first kappa shape index (κ1) is 17.5. The first-order valence-corrected chi connectivity index (χ1v) is 7.85. The molecule has 1 N–H and O–H groups in total. The van der Waals surface area contributed by atoms with Gasteiger partial charge in [-0.2, -0.15) is 0 Å². The van der Waals surface area contributed by atoms with Crippen molar-refractivity contribution in [2.24, 2.45) is 0 Å². The molecule has 0 spiro atoms. The van der Waals surface area contributed by atoms with Crippen molar-refractivity contribution in [2.45, 2.75) is 26.3 Å². The second-order valence-electron chi connectivity index (χ2n) is 5.31. The largest absolute Gasteiger partial charge is 0.493 e. The maximum atomic E-state index is 12.3. The topological polar surface area (TPSA) is 81.5 Å². The molecule has 0 radical (unpaired) electrons. The van der Waals surface area contributed by atoms with Crippen molar-refractivity contribution in [3.63, 3.8) is 0 Å². The summed E-state index contributed by atoms with van der Waals surface area (Å²) in [5.74, 6) is -0.0829. The maximum absolute atomic E-state index is 12.3. The van der Waals surface area contributed by atoms with Gasteiger partial charge in [0, 0.05) is 6.54 Å². The number of carbonyl (C=O) groups is 1. The number of hydrogen-bond acceptors (Lipinski definition) is 4. The molecule has 0 aliphatic rings. The standard InChI is InChI=1S/C18H20N2O4/c1-2-3-11-24-15-9-10-16(17(12-15)20(22)23)18(21)19-13-14-7-5-4-6-8-14/h4-10,12H,2-3,11,13H2,1H3,(H,19,21). The number of ether oxygens (including phenoxy) is 1. The minimum Gasteiger partial charge on any atom is -0.493 e. The van der Waals surface area contributed by atoms with Crippen LogP contribution in [0.25, 0.3) is 0 Å². The zero-order valence-corrected chi connectivity index (χ0v) is 13.5. The lowest BCUT2D eigenvalue weighted by atomic mass is 10.1. The quantitative estimate of drug-likeness (QED) is 0.455. The summed E-state index contributed by atoms with van der Waals surface area (Å²) in [6, 6.07) is 13.7. The number of unbranched alkanes of at least 4 members (excludes halogenated alkanes) is 1. The van der Waals surface area contributed by atoms with E-state index in [1.165, 1.54) is 12.1 Å². The highest BCUT2D eigenvalue weighted by Crippen LogP contribution is 2.25. The SMILES string of the molecule is CCCCOc1ccc(C(=O)NCc2ccccc2)c([N+](=O)[O-])c1. The number of nitro benzene ring substituents is 1. The molecule has 6 nitrogen and oxygen atoms in total. The molecular weight excluding hydrogens is 308 g/mol. The molecule has 2 aromatic carbocycles. The van der Waals surface area contributed by atoms with E-state index in [2.05, 4.69) is 5.32 Å². The van der Waals surface area contributed by atoms with Gasteiger partial charge in [-0.25, -0.2) is 0 Å². The predicted molar refractivity (Wildman–Crippen MR) is 91.1 cm³/mol. The summed E-state index contributed by atoms with van der Waals surface area (Å²) in [6.07, 6.45) is 1.84. The Morgan fingerprint density at radius 3 is 2.62 bits per heavy atom. The van der Waals surface area contributed by atoms with Crippen LogP contribution in [0.15, 0.2) is 48.5 Å². The minimum atomic E-state index is -0.565. The van der Waals surface area contributed by atoms with Crippen molar-refractivity contribution in [1.82, 2.24) is 5.32 Å². The maximum Gasteiger partial charge on any atom is 0.285 e. The van der Waals surface area contributed by atoms with E-state index in [-0.39, 0.29) is 11.3 Å². The van der Waals surface area contributed by atoms with E-state index in [9.17, 15) is 14.9 Å². The lowest BCUT2D eigenvalue weighted by Gasteiger charge is -2.09. The average molecular weight is 328 g/mol. The van der Waals surface area contributed by atoms with E-state index in [1.54, 1.807) is 6.07 Å². The molecule has 0 bridgehead atoms. The van der Waals surface area contributed by atoms with E-state index < -0.39 is 10.8 Å². The first-order valence-electron chi connectivity index (χ1n) is 7.85. The van der Waals surface area contributed by atoms with Crippen LogP contribution >= 0.6 is 0 Å². The number of nitro groups is 1. The van der Waals surface area contributed by atoms with Gasteiger partial charge >= 0.3 is 0 Å². The van der Waals surface area contributed by atoms with Gasteiger partial charge in [-0.15, -0.1) is 0 Å². The normalized spacial score (nSPS) is 10.2. The van der Waals surface area contributed by atoms with Gasteiger partial charge in [0.05, 0.1) is 17.6 Å². The second-order valence-corrected chi connectivity index (χ2v) is 5.31. The summed E-state index contributed by atoms with van der Waals surface area (Å²) in [5, 5.41) is 14.0. The monoisotopic (exact) mass is 328 g/mol. The Morgan fingerprint density at radius 2 is 1.96 bits per heavy atom. The highest BCUT2D eigenvalue weighted by atomic mass is 16.6. The molecule has 1 amide bonds. The smallest absolute Gasteiger partial charge is 0.285 e. The highest BCUT2D eigenvalue weighted by Gasteiger charge is 2.21. The van der Waals surface area contributed by atoms with Crippen LogP contribution in [0.4, 0.5) is 5.69 Å². The highest BCUT2D eigenvalue weighted by molar-refractivity contribution is 5.98. The van der Waals surface area contributed by atoms with Crippen LogP contribution in [0, 0.1) is 10.1 Å². The summed E-state index contributed by atoms with van der Waals surface area (Å²) in [6.45, 7) is 2.84. The molecule has 0 saturated heterocycles. The third-order valence-electron chi connectivity index (χ3n) is 3.47. The van der Waals surface area contributed by atoms with Crippen LogP contribution in [-0.4, -0.2) is 17.4 Å². The molecule has 0 aliphatic carbocycles. The minimum absolute atomic E-state index is 0.0266. The number of hydrogen-bond donors (Lipinski definition) is 1. The Labute approximate surface area is 140 Å². The van der Waals surface area contributed by atoms with Crippen molar-refractivity contribution in [3.8, 4) is 5.75 Å². The molecule has 0 atom stereocenters. The molecule has 0 saturated carbocycles. The molecule has 0 unspecified atom stereocenters. The van der Waals surface area contributed by atoms with Crippen LogP contribution in [0.1, 0.15) is 35.7 Å². The van der Waals surface area contributed by atoms with Crippen LogP contribution in [0.5, 0.6) is 5.75 Å². The van der Waals surface area contributed by atoms with Gasteiger partial charge in [0.25, 0.3) is 11.6 Å². The first-order chi connectivity index (χ1) is 11.6. The number of nitrogens with one attached hydrogen (secondary N) is 1. The number of amides is 1. The lowest BCUT2D eigenvalue weighted by Crippen LogP contribution is -2.23. The zero-order chi connectivity index (χ0) is 17.4. The summed E-state index contributed by atoms with van der Waals surface area (Å²) >= 11 is 0. The summed E-state index contributed by atoms with van der Waals surface area (Å²) in [7, 11) is 0. The molecule has 126 valence electrons. The molecule has 24 heavy (non-hydrogen) atoms. The summed E-state index contributed by atoms with van der Waals surface area (Å²) in [4.78, 5) is 22.9. The van der Waals surface area contributed by atoms with Gasteiger partial charge in [-0.1, -0.05) is 43.7 Å². The average Bonchev–Trinajstić information content (AvgIpc) is 2.60. The summed E-state index contributed by atoms with van der Waals surface area (Å²) < 4.78 is 5.47. The number of rotatable bonds is 8. The van der Waals surface area contributed by atoms with Crippen molar-refractivity contribution in [1.29, 1.82) is 0 Å². The fourth-order valence-electron chi connectivity index (χ4n) is 2.15. The van der Waals surface area contributed by atoms with E-state index in [0.717, 1.165) is 18.4 Å². The van der Waals surface area contributed by atoms with Crippen LogP contribution in [0.2, 0.25) is 0 Å². The van der Waals surface area contributed by atoms with Gasteiger partial charge in [0.1, 0.15) is 11.3 Å². The lowest BCUT2D eigenvalue weighted by molar-refractivity contribution is -0.385. The molecule has 6 heteroatoms. The van der Waals surface area contributed by atoms with E-state index in [1.807, 2.05) is 37.3 Å². The third kappa shape index (κ3) is 4.81. The van der Waals surface area contributed by atoms with E-state index in [0.29, 0.717) is 18.9 Å². The fourth-order valence-corrected chi connectivity index (χ4v) is 2.15. The number of nitrogens with zero attached hydrogens (tertiary/aromatic N) is 1. The molecule has 0 heterocycles. The molecular formula is C18H20N2O4. The van der Waals surface area contributed by atoms with Crippen molar-refractivity contribution >= 4 is 11.6 Å². The molecule has 0 aliphatic heterocycles. The van der Waals surface area contributed by atoms with Crippen molar-refractivity contribution < 1.29 is 14.5 Å². The summed E-state index contributed by atoms with van der Waals surface area (Å²) in [5.41, 5.74) is 0.696. The Morgan fingerprint density at radius 1 is 1.21 bits per heavy atom. The number of benzene rings is 2. The predicted octanol–water partition coefficient (Wildman–Crippen LogP) is 3.70.